The molecular weight excluding hydrogens is 415 g/mol. The Morgan fingerprint density at radius 1 is 0.871 bits per heavy atom. The maximum Gasteiger partial charge on any atom is 0.306 e. The molecule has 1 atom stereocenters. The maximum atomic E-state index is 14.1. The van der Waals surface area contributed by atoms with Crippen LogP contribution >= 0.6 is 7.14 Å². The second-order valence-electron chi connectivity index (χ2n) is 7.17. The minimum Gasteiger partial charge on any atom is -0.496 e. The molecule has 0 aliphatic carbocycles. The first-order valence-corrected chi connectivity index (χ1v) is 12.4. The second-order valence-corrected chi connectivity index (χ2v) is 10.0. The van der Waals surface area contributed by atoms with Crippen LogP contribution in [0.2, 0.25) is 0 Å². The predicted molar refractivity (Wildman–Crippen MR) is 122 cm³/mol. The smallest absolute Gasteiger partial charge is 0.306 e. The molecular formula is C24H31O6P. The van der Waals surface area contributed by atoms with Crippen LogP contribution in [0.25, 0.3) is 0 Å². The summed E-state index contributed by atoms with van der Waals surface area (Å²) in [4.78, 5) is 25.9. The van der Waals surface area contributed by atoms with Crippen molar-refractivity contribution in [3.63, 3.8) is 0 Å². The molecule has 168 valence electrons. The molecule has 0 saturated carbocycles. The molecule has 0 bridgehead atoms. The predicted octanol–water partition coefficient (Wildman–Crippen LogP) is 5.05. The van der Waals surface area contributed by atoms with Crippen molar-refractivity contribution < 1.29 is 28.4 Å². The second kappa shape index (κ2) is 12.3. The zero-order valence-electron chi connectivity index (χ0n) is 18.5. The normalized spacial score (nSPS) is 12.6. The number of hydrogen-bond acceptors (Lipinski definition) is 6. The lowest BCUT2D eigenvalue weighted by atomic mass is 10.2. The zero-order chi connectivity index (χ0) is 22.7. The molecule has 1 unspecified atom stereocenters. The monoisotopic (exact) mass is 446 g/mol. The molecule has 7 heteroatoms. The number of rotatable bonds is 13. The van der Waals surface area contributed by atoms with Gasteiger partial charge >= 0.3 is 5.97 Å². The highest BCUT2D eigenvalue weighted by molar-refractivity contribution is 7.87. The van der Waals surface area contributed by atoms with E-state index in [-0.39, 0.29) is 29.6 Å². The third-order valence-electron chi connectivity index (χ3n) is 5.03. The number of unbranched alkanes of at least 4 members (excludes halogenated alkanes) is 3. The van der Waals surface area contributed by atoms with Gasteiger partial charge < -0.3 is 18.8 Å². The standard InChI is InChI=1S/C24H31O6P/c1-4-5-6-10-17-30-22(25)16-18-31(27,19-12-8-7-9-13-19)24(26)23-20(28-2)14-11-15-21(23)29-3/h7-9,11-15H,4-6,10,16-18H2,1-3H3. The van der Waals surface area contributed by atoms with Gasteiger partial charge in [0.15, 0.2) is 7.14 Å². The lowest BCUT2D eigenvalue weighted by molar-refractivity contribution is -0.143. The fourth-order valence-electron chi connectivity index (χ4n) is 3.30. The van der Waals surface area contributed by atoms with Crippen molar-refractivity contribution in [1.82, 2.24) is 0 Å². The number of ether oxygens (including phenoxy) is 3. The Balaban J connectivity index is 2.27. The number of carbonyl (C=O) groups is 2. The summed E-state index contributed by atoms with van der Waals surface area (Å²) in [5, 5.41) is 0.392. The molecule has 0 aliphatic rings. The van der Waals surface area contributed by atoms with E-state index < -0.39 is 18.6 Å². The van der Waals surface area contributed by atoms with Crippen molar-refractivity contribution in [2.24, 2.45) is 0 Å². The Hall–Kier alpha value is -2.59. The average molecular weight is 446 g/mol. The van der Waals surface area contributed by atoms with Gasteiger partial charge in [-0.1, -0.05) is 62.6 Å². The van der Waals surface area contributed by atoms with Crippen LogP contribution in [0.4, 0.5) is 0 Å². The van der Waals surface area contributed by atoms with Crippen molar-refractivity contribution in [3.8, 4) is 11.5 Å². The quantitative estimate of drug-likeness (QED) is 0.244. The number of carbonyl (C=O) groups excluding carboxylic acids is 2. The molecule has 2 rings (SSSR count). The van der Waals surface area contributed by atoms with Crippen LogP contribution < -0.4 is 14.8 Å². The Kier molecular flexibility index (Phi) is 9.80. The maximum absolute atomic E-state index is 14.1. The van der Waals surface area contributed by atoms with E-state index >= 15 is 0 Å². The van der Waals surface area contributed by atoms with E-state index in [1.807, 2.05) is 0 Å². The highest BCUT2D eigenvalue weighted by Crippen LogP contribution is 2.51. The van der Waals surface area contributed by atoms with Gasteiger partial charge in [0, 0.05) is 11.5 Å². The van der Waals surface area contributed by atoms with Gasteiger partial charge in [0.25, 0.3) is 0 Å². The first kappa shape index (κ1) is 24.7. The lowest BCUT2D eigenvalue weighted by Gasteiger charge is -2.20. The Morgan fingerprint density at radius 3 is 2.10 bits per heavy atom. The summed E-state index contributed by atoms with van der Waals surface area (Å²) in [5.74, 6) is 0.102. The largest absolute Gasteiger partial charge is 0.496 e. The van der Waals surface area contributed by atoms with E-state index in [0.717, 1.165) is 25.7 Å². The fourth-order valence-corrected chi connectivity index (χ4v) is 5.72. The van der Waals surface area contributed by atoms with Crippen molar-refractivity contribution in [2.75, 3.05) is 27.0 Å². The molecule has 0 aliphatic heterocycles. The van der Waals surface area contributed by atoms with E-state index in [4.69, 9.17) is 14.2 Å². The third kappa shape index (κ3) is 6.44. The highest BCUT2D eigenvalue weighted by Gasteiger charge is 2.38. The zero-order valence-corrected chi connectivity index (χ0v) is 19.4. The SMILES string of the molecule is CCCCCCOC(=O)CCP(=O)(C(=O)c1c(OC)cccc1OC)c1ccccc1. The minimum absolute atomic E-state index is 0.108. The summed E-state index contributed by atoms with van der Waals surface area (Å²) in [6.07, 6.45) is 3.76. The third-order valence-corrected chi connectivity index (χ3v) is 7.90. The molecule has 0 radical (unpaired) electrons. The fraction of sp³-hybridized carbons (Fsp3) is 0.417. The van der Waals surface area contributed by atoms with Crippen LogP contribution in [-0.2, 0) is 14.1 Å². The van der Waals surface area contributed by atoms with Crippen LogP contribution in [0.1, 0.15) is 49.4 Å². The van der Waals surface area contributed by atoms with E-state index in [2.05, 4.69) is 6.92 Å². The van der Waals surface area contributed by atoms with E-state index in [1.165, 1.54) is 14.2 Å². The molecule has 6 nitrogen and oxygen atoms in total. The highest BCUT2D eigenvalue weighted by atomic mass is 31.2. The first-order chi connectivity index (χ1) is 15.0. The van der Waals surface area contributed by atoms with Crippen LogP contribution in [0, 0.1) is 0 Å². The van der Waals surface area contributed by atoms with E-state index in [9.17, 15) is 14.2 Å². The summed E-state index contributed by atoms with van der Waals surface area (Å²) in [7, 11) is -0.789. The lowest BCUT2D eigenvalue weighted by Crippen LogP contribution is -2.19. The summed E-state index contributed by atoms with van der Waals surface area (Å²) in [5.41, 5.74) is -0.476. The molecule has 0 spiro atoms. The number of benzene rings is 2. The van der Waals surface area contributed by atoms with Crippen LogP contribution in [0.15, 0.2) is 48.5 Å². The van der Waals surface area contributed by atoms with E-state index in [1.54, 1.807) is 48.5 Å². The molecule has 0 N–H and O–H groups in total. The minimum atomic E-state index is -3.67. The molecule has 31 heavy (non-hydrogen) atoms. The topological polar surface area (TPSA) is 78.9 Å². The van der Waals surface area contributed by atoms with Gasteiger partial charge in [-0.05, 0) is 18.6 Å². The summed E-state index contributed by atoms with van der Waals surface area (Å²) >= 11 is 0. The molecule has 2 aromatic rings. The average Bonchev–Trinajstić information content (AvgIpc) is 2.81. The van der Waals surface area contributed by atoms with Gasteiger partial charge in [-0.2, -0.15) is 0 Å². The van der Waals surface area contributed by atoms with Gasteiger partial charge in [-0.25, -0.2) is 0 Å². The molecule has 0 fully saturated rings. The number of hydrogen-bond donors (Lipinski definition) is 0. The van der Waals surface area contributed by atoms with Crippen LogP contribution in [0.3, 0.4) is 0 Å². The summed E-state index contributed by atoms with van der Waals surface area (Å²) in [6.45, 7) is 2.45. The Bertz CT molecular complexity index is 887. The number of methoxy groups -OCH3 is 2. The van der Waals surface area contributed by atoms with Gasteiger partial charge in [-0.3, -0.25) is 9.59 Å². The van der Waals surface area contributed by atoms with Crippen molar-refractivity contribution in [3.05, 3.63) is 54.1 Å². The van der Waals surface area contributed by atoms with E-state index in [0.29, 0.717) is 11.9 Å². The van der Waals surface area contributed by atoms with Crippen molar-refractivity contribution in [1.29, 1.82) is 0 Å². The van der Waals surface area contributed by atoms with Crippen molar-refractivity contribution >= 4 is 23.9 Å². The Labute approximate surface area is 184 Å². The summed E-state index contributed by atoms with van der Waals surface area (Å²) < 4.78 is 30.1. The molecule has 2 aromatic carbocycles. The molecule has 0 aromatic heterocycles. The van der Waals surface area contributed by atoms with Gasteiger partial charge in [-0.15, -0.1) is 0 Å². The molecule has 0 saturated heterocycles. The molecule has 0 amide bonds. The van der Waals surface area contributed by atoms with Gasteiger partial charge in [0.2, 0.25) is 5.52 Å². The van der Waals surface area contributed by atoms with Crippen LogP contribution in [0.5, 0.6) is 11.5 Å². The number of esters is 1. The van der Waals surface area contributed by atoms with Crippen molar-refractivity contribution in [2.45, 2.75) is 39.0 Å². The first-order valence-electron chi connectivity index (χ1n) is 10.5. The van der Waals surface area contributed by atoms with Crippen LogP contribution in [-0.4, -0.2) is 38.5 Å². The van der Waals surface area contributed by atoms with Gasteiger partial charge in [0.1, 0.15) is 17.1 Å². The Morgan fingerprint density at radius 2 is 1.52 bits per heavy atom. The van der Waals surface area contributed by atoms with Gasteiger partial charge in [0.05, 0.1) is 27.2 Å². The molecule has 0 heterocycles. The summed E-state index contributed by atoms with van der Waals surface area (Å²) in [6, 6.07) is 13.5.